The van der Waals surface area contributed by atoms with Crippen LogP contribution in [0.15, 0.2) is 23.2 Å². The molecule has 0 bridgehead atoms. The van der Waals surface area contributed by atoms with E-state index in [1.165, 1.54) is 0 Å². The lowest BCUT2D eigenvalue weighted by Crippen LogP contribution is -2.63. The third-order valence-electron chi connectivity index (χ3n) is 4.09. The highest BCUT2D eigenvalue weighted by atomic mass is 16.6. The molecule has 1 fully saturated rings. The Bertz CT molecular complexity index is 694. The molecule has 0 aliphatic carbocycles. The average Bonchev–Trinajstić information content (AvgIpc) is 2.60. The topological polar surface area (TPSA) is 84.4 Å². The first kappa shape index (κ1) is 21.7. The number of hydrogen-bond donors (Lipinski definition) is 2. The molecule has 1 aliphatic heterocycles. The van der Waals surface area contributed by atoms with Crippen molar-refractivity contribution < 1.29 is 19.0 Å². The van der Waals surface area contributed by atoms with Gasteiger partial charge >= 0.3 is 6.09 Å². The van der Waals surface area contributed by atoms with Gasteiger partial charge in [-0.15, -0.1) is 0 Å². The summed E-state index contributed by atoms with van der Waals surface area (Å²) in [5.74, 6) is 2.09. The second-order valence-corrected chi connectivity index (χ2v) is 7.61. The Balaban J connectivity index is 1.91. The van der Waals surface area contributed by atoms with Gasteiger partial charge in [-0.3, -0.25) is 0 Å². The van der Waals surface area contributed by atoms with E-state index in [9.17, 15) is 4.79 Å². The van der Waals surface area contributed by atoms with Crippen LogP contribution in [-0.4, -0.2) is 62.4 Å². The van der Waals surface area contributed by atoms with Gasteiger partial charge in [0.15, 0.2) is 17.5 Å². The molecule has 2 N–H and O–H groups in total. The van der Waals surface area contributed by atoms with Crippen molar-refractivity contribution in [2.75, 3.05) is 33.9 Å². The number of ether oxygens (including phenoxy) is 3. The largest absolute Gasteiger partial charge is 0.493 e. The number of methoxy groups -OCH3 is 2. The van der Waals surface area contributed by atoms with Crippen molar-refractivity contribution in [3.63, 3.8) is 0 Å². The van der Waals surface area contributed by atoms with E-state index in [4.69, 9.17) is 14.2 Å². The highest BCUT2D eigenvalue weighted by molar-refractivity contribution is 5.80. The molecule has 0 unspecified atom stereocenters. The number of nitrogens with one attached hydrogen (secondary N) is 2. The lowest BCUT2D eigenvalue weighted by molar-refractivity contribution is 0.00701. The van der Waals surface area contributed by atoms with Crippen LogP contribution in [0.5, 0.6) is 11.5 Å². The number of nitrogens with zero attached hydrogens (tertiary/aromatic N) is 2. The van der Waals surface area contributed by atoms with Gasteiger partial charge in [0, 0.05) is 19.6 Å². The second kappa shape index (κ2) is 9.52. The van der Waals surface area contributed by atoms with E-state index in [-0.39, 0.29) is 12.1 Å². The minimum Gasteiger partial charge on any atom is -0.493 e. The summed E-state index contributed by atoms with van der Waals surface area (Å²) in [6.07, 6.45) is -0.280. The molecule has 1 aromatic carbocycles. The van der Waals surface area contributed by atoms with Gasteiger partial charge in [-0.2, -0.15) is 0 Å². The first-order chi connectivity index (χ1) is 13.3. The van der Waals surface area contributed by atoms with Crippen LogP contribution < -0.4 is 20.1 Å². The van der Waals surface area contributed by atoms with Crippen molar-refractivity contribution in [1.29, 1.82) is 0 Å². The zero-order chi connectivity index (χ0) is 20.7. The molecule has 0 atom stereocenters. The van der Waals surface area contributed by atoms with E-state index in [0.717, 1.165) is 12.1 Å². The van der Waals surface area contributed by atoms with Crippen molar-refractivity contribution in [3.8, 4) is 11.5 Å². The molecule has 1 aliphatic rings. The fourth-order valence-corrected chi connectivity index (χ4v) is 2.71. The number of amides is 1. The maximum absolute atomic E-state index is 12.0. The Hall–Kier alpha value is -2.64. The van der Waals surface area contributed by atoms with Gasteiger partial charge in [0.25, 0.3) is 0 Å². The lowest BCUT2D eigenvalue weighted by Gasteiger charge is -2.40. The molecule has 8 nitrogen and oxygen atoms in total. The number of carbonyl (C=O) groups excluding carboxylic acids is 1. The fourth-order valence-electron chi connectivity index (χ4n) is 2.71. The molecule has 28 heavy (non-hydrogen) atoms. The molecule has 1 aromatic rings. The molecule has 156 valence electrons. The number of hydrogen-bond acceptors (Lipinski definition) is 5. The minimum absolute atomic E-state index is 0.149. The Morgan fingerprint density at radius 1 is 1.21 bits per heavy atom. The predicted octanol–water partition coefficient (Wildman–Crippen LogP) is 2.38. The maximum Gasteiger partial charge on any atom is 0.410 e. The number of benzene rings is 1. The van der Waals surface area contributed by atoms with Crippen LogP contribution in [0.25, 0.3) is 0 Å². The van der Waals surface area contributed by atoms with Gasteiger partial charge in [0.2, 0.25) is 0 Å². The van der Waals surface area contributed by atoms with E-state index < -0.39 is 5.60 Å². The van der Waals surface area contributed by atoms with Crippen LogP contribution in [0.2, 0.25) is 0 Å². The normalized spacial score (nSPS) is 14.9. The van der Waals surface area contributed by atoms with Gasteiger partial charge in [-0.25, -0.2) is 9.79 Å². The standard InChI is InChI=1S/C20H32N4O4/c1-7-21-18(22-11-14-8-9-16(26-5)17(10-14)27-6)23-15-12-24(13-15)19(25)28-20(2,3)4/h8-10,15H,7,11-13H2,1-6H3,(H2,21,22,23). The highest BCUT2D eigenvalue weighted by Crippen LogP contribution is 2.27. The Morgan fingerprint density at radius 2 is 1.89 bits per heavy atom. The van der Waals surface area contributed by atoms with Crippen molar-refractivity contribution >= 4 is 12.1 Å². The molecule has 8 heteroatoms. The Kier molecular flexibility index (Phi) is 7.37. The van der Waals surface area contributed by atoms with Crippen molar-refractivity contribution in [2.24, 2.45) is 4.99 Å². The molecule has 2 rings (SSSR count). The monoisotopic (exact) mass is 392 g/mol. The number of likely N-dealkylation sites (tertiary alicyclic amines) is 1. The van der Waals surface area contributed by atoms with Crippen LogP contribution >= 0.6 is 0 Å². The number of carbonyl (C=O) groups is 1. The van der Waals surface area contributed by atoms with E-state index >= 15 is 0 Å². The summed E-state index contributed by atoms with van der Waals surface area (Å²) in [6.45, 7) is 10.0. The van der Waals surface area contributed by atoms with Crippen LogP contribution in [0.1, 0.15) is 33.3 Å². The molecule has 0 spiro atoms. The molecule has 0 radical (unpaired) electrons. The summed E-state index contributed by atoms with van der Waals surface area (Å²) in [5, 5.41) is 6.59. The fraction of sp³-hybridized carbons (Fsp3) is 0.600. The van der Waals surface area contributed by atoms with Gasteiger partial charge in [-0.1, -0.05) is 6.07 Å². The lowest BCUT2D eigenvalue weighted by atomic mass is 10.1. The number of rotatable bonds is 6. The van der Waals surface area contributed by atoms with E-state index in [0.29, 0.717) is 37.1 Å². The van der Waals surface area contributed by atoms with Crippen LogP contribution in [0, 0.1) is 0 Å². The minimum atomic E-state index is -0.481. The molecule has 1 heterocycles. The summed E-state index contributed by atoms with van der Waals surface area (Å²) >= 11 is 0. The van der Waals surface area contributed by atoms with Crippen molar-refractivity contribution in [2.45, 2.75) is 45.9 Å². The number of aliphatic imine (C=N–C) groups is 1. The second-order valence-electron chi connectivity index (χ2n) is 7.61. The third kappa shape index (κ3) is 6.21. The number of guanidine groups is 1. The highest BCUT2D eigenvalue weighted by Gasteiger charge is 2.34. The maximum atomic E-state index is 12.0. The van der Waals surface area contributed by atoms with Crippen molar-refractivity contribution in [3.05, 3.63) is 23.8 Å². The Morgan fingerprint density at radius 3 is 2.46 bits per heavy atom. The smallest absolute Gasteiger partial charge is 0.410 e. The summed E-state index contributed by atoms with van der Waals surface area (Å²) in [5.41, 5.74) is 0.532. The first-order valence-electron chi connectivity index (χ1n) is 9.49. The molecule has 0 aromatic heterocycles. The molecular weight excluding hydrogens is 360 g/mol. The van der Waals surface area contributed by atoms with Gasteiger partial charge < -0.3 is 29.7 Å². The van der Waals surface area contributed by atoms with E-state index in [1.807, 2.05) is 45.9 Å². The van der Waals surface area contributed by atoms with Crippen molar-refractivity contribution in [1.82, 2.24) is 15.5 Å². The summed E-state index contributed by atoms with van der Waals surface area (Å²) < 4.78 is 16.0. The van der Waals surface area contributed by atoms with E-state index in [1.54, 1.807) is 19.1 Å². The van der Waals surface area contributed by atoms with Gasteiger partial charge in [-0.05, 0) is 45.4 Å². The summed E-state index contributed by atoms with van der Waals surface area (Å²) in [6, 6.07) is 5.90. The first-order valence-corrected chi connectivity index (χ1v) is 9.49. The quantitative estimate of drug-likeness (QED) is 0.571. The summed E-state index contributed by atoms with van der Waals surface area (Å²) in [7, 11) is 3.23. The van der Waals surface area contributed by atoms with Crippen LogP contribution in [0.3, 0.4) is 0 Å². The molecule has 1 amide bonds. The SMILES string of the molecule is CCNC(=NCc1ccc(OC)c(OC)c1)NC1CN(C(=O)OC(C)(C)C)C1. The zero-order valence-electron chi connectivity index (χ0n) is 17.7. The van der Waals surface area contributed by atoms with E-state index in [2.05, 4.69) is 15.6 Å². The molecular formula is C20H32N4O4. The van der Waals surface area contributed by atoms with Crippen LogP contribution in [0.4, 0.5) is 4.79 Å². The third-order valence-corrected chi connectivity index (χ3v) is 4.09. The molecule has 1 saturated heterocycles. The predicted molar refractivity (Wildman–Crippen MR) is 109 cm³/mol. The average molecular weight is 393 g/mol. The van der Waals surface area contributed by atoms with Crippen LogP contribution in [-0.2, 0) is 11.3 Å². The Labute approximate surface area is 167 Å². The van der Waals surface area contributed by atoms with Gasteiger partial charge in [0.1, 0.15) is 5.60 Å². The zero-order valence-corrected chi connectivity index (χ0v) is 17.7. The van der Waals surface area contributed by atoms with Gasteiger partial charge in [0.05, 0.1) is 26.8 Å². The summed E-state index contributed by atoms with van der Waals surface area (Å²) in [4.78, 5) is 18.3. The molecule has 0 saturated carbocycles.